The number of likely N-dealkylation sites (tertiary alicyclic amines) is 1. The Kier molecular flexibility index (Phi) is 6.28. The van der Waals surface area contributed by atoms with Gasteiger partial charge in [0.25, 0.3) is 0 Å². The Morgan fingerprint density at radius 1 is 1.18 bits per heavy atom. The van der Waals surface area contributed by atoms with Gasteiger partial charge in [-0.2, -0.15) is 0 Å². The van der Waals surface area contributed by atoms with E-state index in [2.05, 4.69) is 10.3 Å². The molecule has 182 valence electrons. The predicted molar refractivity (Wildman–Crippen MR) is 128 cm³/mol. The smallest absolute Gasteiger partial charge is 0.410 e. The molecule has 1 fully saturated rings. The minimum absolute atomic E-state index is 0.0728. The van der Waals surface area contributed by atoms with Crippen LogP contribution < -0.4 is 5.32 Å². The fraction of sp³-hybridized carbons (Fsp3) is 0.417. The van der Waals surface area contributed by atoms with Crippen LogP contribution in [0.1, 0.15) is 45.1 Å². The number of rotatable bonds is 4. The number of aromatic nitrogens is 2. The number of amides is 1. The number of benzene rings is 1. The highest BCUT2D eigenvalue weighted by Crippen LogP contribution is 2.33. The van der Waals surface area contributed by atoms with Crippen molar-refractivity contribution in [2.45, 2.75) is 50.0 Å². The van der Waals surface area contributed by atoms with Gasteiger partial charge in [-0.25, -0.2) is 22.6 Å². The van der Waals surface area contributed by atoms with E-state index in [4.69, 9.17) is 4.74 Å². The first-order valence-electron chi connectivity index (χ1n) is 11.1. The summed E-state index contributed by atoms with van der Waals surface area (Å²) in [5.74, 6) is 0.181. The Balaban J connectivity index is 1.51. The van der Waals surface area contributed by atoms with Crippen molar-refractivity contribution in [3.8, 4) is 0 Å². The van der Waals surface area contributed by atoms with E-state index in [1.165, 1.54) is 12.1 Å². The quantitative estimate of drug-likeness (QED) is 0.571. The van der Waals surface area contributed by atoms with E-state index in [0.717, 1.165) is 36.4 Å². The number of anilines is 2. The minimum Gasteiger partial charge on any atom is -0.444 e. The number of hydrogen-bond donors (Lipinski definition) is 1. The van der Waals surface area contributed by atoms with E-state index in [1.54, 1.807) is 17.2 Å². The van der Waals surface area contributed by atoms with E-state index >= 15 is 0 Å². The summed E-state index contributed by atoms with van der Waals surface area (Å²) >= 11 is 0. The summed E-state index contributed by atoms with van der Waals surface area (Å²) in [5.41, 5.74) is 1.47. The largest absolute Gasteiger partial charge is 0.444 e. The second-order valence-electron chi connectivity index (χ2n) is 9.58. The molecule has 2 aromatic heterocycles. The third-order valence-corrected chi connectivity index (χ3v) is 6.91. The highest BCUT2D eigenvalue weighted by molar-refractivity contribution is 7.90. The van der Waals surface area contributed by atoms with Crippen molar-refractivity contribution in [1.29, 1.82) is 0 Å². The van der Waals surface area contributed by atoms with Crippen LogP contribution in [0, 0.1) is 5.82 Å². The molecule has 3 aromatic rings. The SMILES string of the molecule is CC(C)(C)OC(=O)N1CCC(c2ccn3c(Nc4ccc(S(C)(=O)=O)cc4F)ccnc23)CC1. The summed E-state index contributed by atoms with van der Waals surface area (Å²) < 4.78 is 45.2. The van der Waals surface area contributed by atoms with Gasteiger partial charge in [0.15, 0.2) is 9.84 Å². The van der Waals surface area contributed by atoms with Crippen molar-refractivity contribution in [2.24, 2.45) is 0 Å². The molecule has 1 aliphatic heterocycles. The standard InChI is InChI=1S/C24H29FN4O4S/c1-24(2,3)33-23(30)28-12-8-16(9-13-28)18-10-14-29-21(7-11-26-22(18)29)27-20-6-5-17(15-19(20)25)34(4,31)32/h5-7,10-11,14-16,27H,8-9,12-13H2,1-4H3. The second kappa shape index (κ2) is 8.90. The maximum Gasteiger partial charge on any atom is 0.410 e. The molecule has 8 nitrogen and oxygen atoms in total. The van der Waals surface area contributed by atoms with Gasteiger partial charge < -0.3 is 15.0 Å². The maximum absolute atomic E-state index is 14.6. The molecule has 0 aliphatic carbocycles. The number of fused-ring (bicyclic) bond motifs is 1. The highest BCUT2D eigenvalue weighted by atomic mass is 32.2. The Morgan fingerprint density at radius 2 is 1.88 bits per heavy atom. The Hall–Kier alpha value is -3.14. The molecule has 0 spiro atoms. The van der Waals surface area contributed by atoms with E-state index in [1.807, 2.05) is 37.4 Å². The summed E-state index contributed by atoms with van der Waals surface area (Å²) in [4.78, 5) is 18.6. The Labute approximate surface area is 198 Å². The molecule has 0 radical (unpaired) electrons. The number of nitrogens with zero attached hydrogens (tertiary/aromatic N) is 3. The van der Waals surface area contributed by atoms with Crippen LogP contribution in [0.4, 0.5) is 20.7 Å². The van der Waals surface area contributed by atoms with E-state index in [-0.39, 0.29) is 22.6 Å². The lowest BCUT2D eigenvalue weighted by Gasteiger charge is -2.33. The average Bonchev–Trinajstić information content (AvgIpc) is 3.18. The molecular formula is C24H29FN4O4S. The third-order valence-electron chi connectivity index (χ3n) is 5.80. The van der Waals surface area contributed by atoms with Crippen molar-refractivity contribution < 1.29 is 22.3 Å². The fourth-order valence-corrected chi connectivity index (χ4v) is 4.75. The number of sulfone groups is 1. The summed E-state index contributed by atoms with van der Waals surface area (Å²) in [6, 6.07) is 7.53. The van der Waals surface area contributed by atoms with Gasteiger partial charge in [0.1, 0.15) is 22.9 Å². The number of piperidine rings is 1. The van der Waals surface area contributed by atoms with Crippen molar-refractivity contribution >= 4 is 33.1 Å². The normalized spacial score (nSPS) is 15.5. The molecule has 1 N–H and O–H groups in total. The van der Waals surface area contributed by atoms with Gasteiger partial charge >= 0.3 is 6.09 Å². The highest BCUT2D eigenvalue weighted by Gasteiger charge is 2.29. The minimum atomic E-state index is -3.49. The number of ether oxygens (including phenoxy) is 1. The Bertz CT molecular complexity index is 1320. The van der Waals surface area contributed by atoms with Crippen molar-refractivity contribution in [3.63, 3.8) is 0 Å². The van der Waals surface area contributed by atoms with Crippen molar-refractivity contribution in [2.75, 3.05) is 24.7 Å². The zero-order valence-corrected chi connectivity index (χ0v) is 20.5. The monoisotopic (exact) mass is 488 g/mol. The average molecular weight is 489 g/mol. The predicted octanol–water partition coefficient (Wildman–Crippen LogP) is 4.74. The Morgan fingerprint density at radius 3 is 2.50 bits per heavy atom. The van der Waals surface area contributed by atoms with Gasteiger partial charge in [0, 0.05) is 37.3 Å². The van der Waals surface area contributed by atoms with Crippen LogP contribution in [0.15, 0.2) is 47.6 Å². The van der Waals surface area contributed by atoms with Crippen LogP contribution in [-0.2, 0) is 14.6 Å². The first kappa shape index (κ1) is 24.0. The summed E-state index contributed by atoms with van der Waals surface area (Å²) in [7, 11) is -3.49. The second-order valence-corrected chi connectivity index (χ2v) is 11.6. The van der Waals surface area contributed by atoms with Crippen LogP contribution in [-0.4, -0.2) is 53.7 Å². The molecule has 0 unspecified atom stereocenters. The zero-order chi connectivity index (χ0) is 24.7. The van der Waals surface area contributed by atoms with Gasteiger partial charge in [-0.1, -0.05) is 0 Å². The summed E-state index contributed by atoms with van der Waals surface area (Å²) in [6.07, 6.45) is 5.87. The molecular weight excluding hydrogens is 459 g/mol. The van der Waals surface area contributed by atoms with Gasteiger partial charge in [0.2, 0.25) is 0 Å². The van der Waals surface area contributed by atoms with E-state index in [0.29, 0.717) is 18.9 Å². The molecule has 1 aliphatic rings. The lowest BCUT2D eigenvalue weighted by Crippen LogP contribution is -2.41. The molecule has 4 rings (SSSR count). The van der Waals surface area contributed by atoms with E-state index < -0.39 is 21.3 Å². The molecule has 10 heteroatoms. The zero-order valence-electron chi connectivity index (χ0n) is 19.7. The number of carbonyl (C=O) groups excluding carboxylic acids is 1. The summed E-state index contributed by atoms with van der Waals surface area (Å²) in [6.45, 7) is 6.77. The number of carbonyl (C=O) groups is 1. The van der Waals surface area contributed by atoms with Gasteiger partial charge in [-0.15, -0.1) is 0 Å². The van der Waals surface area contributed by atoms with Gasteiger partial charge in [-0.3, -0.25) is 4.40 Å². The molecule has 0 saturated carbocycles. The van der Waals surface area contributed by atoms with Crippen LogP contribution in [0.2, 0.25) is 0 Å². The lowest BCUT2D eigenvalue weighted by molar-refractivity contribution is 0.0205. The van der Waals surface area contributed by atoms with Gasteiger partial charge in [-0.05, 0) is 69.9 Å². The topological polar surface area (TPSA) is 93.0 Å². The first-order valence-corrected chi connectivity index (χ1v) is 13.0. The number of halogens is 1. The molecule has 1 amide bonds. The molecule has 1 aromatic carbocycles. The lowest BCUT2D eigenvalue weighted by atomic mass is 9.91. The molecule has 3 heterocycles. The molecule has 0 atom stereocenters. The van der Waals surface area contributed by atoms with Crippen LogP contribution in [0.5, 0.6) is 0 Å². The molecule has 1 saturated heterocycles. The molecule has 0 bridgehead atoms. The van der Waals surface area contributed by atoms with Crippen LogP contribution in [0.25, 0.3) is 5.65 Å². The number of nitrogens with one attached hydrogen (secondary N) is 1. The summed E-state index contributed by atoms with van der Waals surface area (Å²) in [5, 5.41) is 3.04. The third kappa shape index (κ3) is 5.16. The molecule has 34 heavy (non-hydrogen) atoms. The first-order chi connectivity index (χ1) is 15.9. The van der Waals surface area contributed by atoms with Crippen molar-refractivity contribution in [1.82, 2.24) is 14.3 Å². The van der Waals surface area contributed by atoms with E-state index in [9.17, 15) is 17.6 Å². The van der Waals surface area contributed by atoms with Crippen LogP contribution >= 0.6 is 0 Å². The van der Waals surface area contributed by atoms with Gasteiger partial charge in [0.05, 0.1) is 10.6 Å². The number of hydrogen-bond acceptors (Lipinski definition) is 6. The van der Waals surface area contributed by atoms with Crippen molar-refractivity contribution in [3.05, 3.63) is 54.1 Å². The maximum atomic E-state index is 14.6. The fourth-order valence-electron chi connectivity index (χ4n) is 4.11. The van der Waals surface area contributed by atoms with Crippen LogP contribution in [0.3, 0.4) is 0 Å².